The van der Waals surface area contributed by atoms with Gasteiger partial charge in [-0.3, -0.25) is 0 Å². The molecule has 0 fully saturated rings. The molecule has 2 rings (SSSR count). The van der Waals surface area contributed by atoms with Gasteiger partial charge < -0.3 is 0 Å². The van der Waals surface area contributed by atoms with Crippen molar-refractivity contribution < 1.29 is 0 Å². The van der Waals surface area contributed by atoms with Crippen LogP contribution in [0, 0.1) is 0 Å². The molecular formula is C18H22N4. The van der Waals surface area contributed by atoms with Crippen molar-refractivity contribution in [2.45, 2.75) is 38.8 Å². The van der Waals surface area contributed by atoms with Crippen LogP contribution < -0.4 is 0 Å². The molecule has 0 aliphatic rings. The van der Waals surface area contributed by atoms with Crippen molar-refractivity contribution in [1.29, 1.82) is 0 Å². The Morgan fingerprint density at radius 3 is 1.18 bits per heavy atom. The first-order chi connectivity index (χ1) is 10.4. The maximum absolute atomic E-state index is 4.48. The number of hydrogen-bond acceptors (Lipinski definition) is 4. The molecule has 4 nitrogen and oxygen atoms in total. The topological polar surface area (TPSA) is 49.4 Å². The number of benzene rings is 2. The van der Waals surface area contributed by atoms with Crippen LogP contribution in [-0.4, -0.2) is 11.1 Å². The van der Waals surface area contributed by atoms with Crippen molar-refractivity contribution in [3.63, 3.8) is 0 Å². The van der Waals surface area contributed by atoms with Gasteiger partial charge in [-0.05, 0) is 52.0 Å². The fourth-order valence-corrected chi connectivity index (χ4v) is 1.60. The van der Waals surface area contributed by atoms with Crippen molar-refractivity contribution in [3.8, 4) is 0 Å². The Hall–Kier alpha value is -2.36. The van der Waals surface area contributed by atoms with Crippen LogP contribution in [0.5, 0.6) is 0 Å². The lowest BCUT2D eigenvalue weighted by Crippen LogP contribution is -2.41. The minimum atomic E-state index is -0.471. The SMILES string of the molecule is CC(C)(N=Nc1ccccc1)C(C)(C)N=Nc1ccccc1. The molecule has 2 aromatic rings. The highest BCUT2D eigenvalue weighted by molar-refractivity contribution is 5.35. The van der Waals surface area contributed by atoms with E-state index in [-0.39, 0.29) is 0 Å². The van der Waals surface area contributed by atoms with Crippen LogP contribution in [0.4, 0.5) is 11.4 Å². The van der Waals surface area contributed by atoms with Gasteiger partial charge in [0, 0.05) is 0 Å². The summed E-state index contributed by atoms with van der Waals surface area (Å²) in [6.45, 7) is 8.07. The molecule has 0 aliphatic heterocycles. The molecule has 0 saturated heterocycles. The summed E-state index contributed by atoms with van der Waals surface area (Å²) >= 11 is 0. The average molecular weight is 294 g/mol. The zero-order valence-electron chi connectivity index (χ0n) is 13.6. The molecule has 22 heavy (non-hydrogen) atoms. The Bertz CT molecular complexity index is 584. The van der Waals surface area contributed by atoms with Crippen molar-refractivity contribution >= 4 is 11.4 Å². The molecule has 0 atom stereocenters. The van der Waals surface area contributed by atoms with E-state index < -0.39 is 11.1 Å². The molecule has 0 N–H and O–H groups in total. The number of hydrogen-bond donors (Lipinski definition) is 0. The number of azo groups is 2. The molecule has 0 radical (unpaired) electrons. The summed E-state index contributed by atoms with van der Waals surface area (Å²) < 4.78 is 0. The van der Waals surface area contributed by atoms with E-state index in [1.54, 1.807) is 0 Å². The van der Waals surface area contributed by atoms with E-state index >= 15 is 0 Å². The molecule has 0 heterocycles. The zero-order valence-corrected chi connectivity index (χ0v) is 13.6. The predicted molar refractivity (Wildman–Crippen MR) is 90.1 cm³/mol. The van der Waals surface area contributed by atoms with Crippen LogP contribution in [0.25, 0.3) is 0 Å². The lowest BCUT2D eigenvalue weighted by atomic mass is 9.84. The fraction of sp³-hybridized carbons (Fsp3) is 0.333. The van der Waals surface area contributed by atoms with Gasteiger partial charge in [0.05, 0.1) is 11.4 Å². The summed E-state index contributed by atoms with van der Waals surface area (Å²) in [6, 6.07) is 19.4. The second kappa shape index (κ2) is 6.60. The van der Waals surface area contributed by atoms with Crippen LogP contribution in [0.1, 0.15) is 27.7 Å². The van der Waals surface area contributed by atoms with E-state index in [4.69, 9.17) is 0 Å². The van der Waals surface area contributed by atoms with E-state index in [1.807, 2.05) is 88.4 Å². The maximum Gasteiger partial charge on any atom is 0.103 e. The summed E-state index contributed by atoms with van der Waals surface area (Å²) in [5, 5.41) is 17.6. The predicted octanol–water partition coefficient (Wildman–Crippen LogP) is 6.11. The minimum Gasteiger partial charge on any atom is -0.180 e. The molecule has 114 valence electrons. The summed E-state index contributed by atoms with van der Waals surface area (Å²) in [7, 11) is 0. The highest BCUT2D eigenvalue weighted by atomic mass is 15.2. The average Bonchev–Trinajstić information content (AvgIpc) is 2.53. The summed E-state index contributed by atoms with van der Waals surface area (Å²) in [5.74, 6) is 0. The van der Waals surface area contributed by atoms with E-state index in [2.05, 4.69) is 20.5 Å². The Kier molecular flexibility index (Phi) is 4.81. The molecular weight excluding hydrogens is 272 g/mol. The molecule has 0 saturated carbocycles. The first-order valence-corrected chi connectivity index (χ1v) is 7.37. The first kappa shape index (κ1) is 16.0. The Morgan fingerprint density at radius 1 is 0.545 bits per heavy atom. The van der Waals surface area contributed by atoms with Crippen molar-refractivity contribution in [1.82, 2.24) is 0 Å². The fourth-order valence-electron chi connectivity index (χ4n) is 1.60. The highest BCUT2D eigenvalue weighted by Gasteiger charge is 2.38. The van der Waals surface area contributed by atoms with Gasteiger partial charge in [-0.25, -0.2) is 0 Å². The van der Waals surface area contributed by atoms with E-state index in [0.717, 1.165) is 11.4 Å². The first-order valence-electron chi connectivity index (χ1n) is 7.37. The zero-order chi connectivity index (χ0) is 16.1. The van der Waals surface area contributed by atoms with Gasteiger partial charge in [0.2, 0.25) is 0 Å². The van der Waals surface area contributed by atoms with Crippen LogP contribution in [0.15, 0.2) is 81.1 Å². The van der Waals surface area contributed by atoms with Gasteiger partial charge in [-0.2, -0.15) is 20.5 Å². The molecule has 0 aliphatic carbocycles. The van der Waals surface area contributed by atoms with E-state index in [0.29, 0.717) is 0 Å². The summed E-state index contributed by atoms with van der Waals surface area (Å²) in [6.07, 6.45) is 0. The third-order valence-corrected chi connectivity index (χ3v) is 3.84. The van der Waals surface area contributed by atoms with E-state index in [1.165, 1.54) is 0 Å². The molecule has 0 spiro atoms. The van der Waals surface area contributed by atoms with Crippen molar-refractivity contribution in [2.24, 2.45) is 20.5 Å². The van der Waals surface area contributed by atoms with Crippen LogP contribution in [0.3, 0.4) is 0 Å². The van der Waals surface area contributed by atoms with Crippen molar-refractivity contribution in [2.75, 3.05) is 0 Å². The van der Waals surface area contributed by atoms with Gasteiger partial charge in [-0.1, -0.05) is 36.4 Å². The molecule has 0 bridgehead atoms. The molecule has 0 amide bonds. The third-order valence-electron chi connectivity index (χ3n) is 3.84. The maximum atomic E-state index is 4.48. The minimum absolute atomic E-state index is 0.471. The van der Waals surface area contributed by atoms with Gasteiger partial charge >= 0.3 is 0 Å². The summed E-state index contributed by atoms with van der Waals surface area (Å²) in [5.41, 5.74) is 0.736. The quantitative estimate of drug-likeness (QED) is 0.597. The second-order valence-corrected chi connectivity index (χ2v) is 6.19. The van der Waals surface area contributed by atoms with Crippen LogP contribution in [0.2, 0.25) is 0 Å². The lowest BCUT2D eigenvalue weighted by Gasteiger charge is -2.32. The highest BCUT2D eigenvalue weighted by Crippen LogP contribution is 2.32. The monoisotopic (exact) mass is 294 g/mol. The largest absolute Gasteiger partial charge is 0.180 e. The standard InChI is InChI=1S/C18H22N4/c1-17(2,21-19-15-11-7-5-8-12-15)18(3,4)22-20-16-13-9-6-10-14-16/h5-14H,1-4H3. The molecule has 4 heteroatoms. The molecule has 0 unspecified atom stereocenters. The normalized spacial score (nSPS) is 13.1. The molecule has 2 aromatic carbocycles. The smallest absolute Gasteiger partial charge is 0.103 e. The van der Waals surface area contributed by atoms with E-state index in [9.17, 15) is 0 Å². The van der Waals surface area contributed by atoms with Gasteiger partial charge in [0.25, 0.3) is 0 Å². The van der Waals surface area contributed by atoms with Gasteiger partial charge in [-0.15, -0.1) is 0 Å². The summed E-state index contributed by atoms with van der Waals surface area (Å²) in [4.78, 5) is 0. The van der Waals surface area contributed by atoms with Gasteiger partial charge in [0.15, 0.2) is 0 Å². The second-order valence-electron chi connectivity index (χ2n) is 6.19. The molecule has 0 aromatic heterocycles. The number of nitrogens with zero attached hydrogens (tertiary/aromatic N) is 4. The van der Waals surface area contributed by atoms with Crippen LogP contribution >= 0.6 is 0 Å². The lowest BCUT2D eigenvalue weighted by molar-refractivity contribution is 0.292. The Labute approximate surface area is 132 Å². The van der Waals surface area contributed by atoms with Gasteiger partial charge in [0.1, 0.15) is 11.1 Å². The Morgan fingerprint density at radius 2 is 0.864 bits per heavy atom. The third kappa shape index (κ3) is 4.07. The van der Waals surface area contributed by atoms with Crippen LogP contribution in [-0.2, 0) is 0 Å². The van der Waals surface area contributed by atoms with Crippen molar-refractivity contribution in [3.05, 3.63) is 60.7 Å². The number of rotatable bonds is 5. The Balaban J connectivity index is 2.16.